The Morgan fingerprint density at radius 3 is 2.45 bits per heavy atom. The SMILES string of the molecule is COc1ccc2cc(C(O)C3CC4CC4C3)ccc2c1. The molecule has 0 aliphatic heterocycles. The first kappa shape index (κ1) is 12.2. The van der Waals surface area contributed by atoms with Crippen molar-refractivity contribution in [2.24, 2.45) is 17.8 Å². The lowest BCUT2D eigenvalue weighted by atomic mass is 9.90. The van der Waals surface area contributed by atoms with Crippen LogP contribution in [0.2, 0.25) is 0 Å². The van der Waals surface area contributed by atoms with Crippen molar-refractivity contribution in [1.82, 2.24) is 0 Å². The molecule has 2 aromatic rings. The summed E-state index contributed by atoms with van der Waals surface area (Å²) in [6.07, 6.45) is 3.54. The van der Waals surface area contributed by atoms with Crippen LogP contribution in [0.1, 0.15) is 30.9 Å². The molecule has 0 spiro atoms. The smallest absolute Gasteiger partial charge is 0.119 e. The van der Waals surface area contributed by atoms with Crippen molar-refractivity contribution in [3.05, 3.63) is 42.0 Å². The second-order valence-corrected chi connectivity index (χ2v) is 6.40. The molecule has 2 saturated carbocycles. The Bertz CT molecular complexity index is 639. The van der Waals surface area contributed by atoms with E-state index in [9.17, 15) is 5.11 Å². The van der Waals surface area contributed by atoms with Gasteiger partial charge in [-0.05, 0) is 71.6 Å². The van der Waals surface area contributed by atoms with E-state index < -0.39 is 0 Å². The molecular weight excluding hydrogens is 248 g/mol. The van der Waals surface area contributed by atoms with Crippen LogP contribution in [0.4, 0.5) is 0 Å². The average Bonchev–Trinajstić information content (AvgIpc) is 3.11. The summed E-state index contributed by atoms with van der Waals surface area (Å²) in [6, 6.07) is 12.4. The van der Waals surface area contributed by atoms with Gasteiger partial charge >= 0.3 is 0 Å². The van der Waals surface area contributed by atoms with Gasteiger partial charge in [-0.3, -0.25) is 0 Å². The van der Waals surface area contributed by atoms with E-state index in [4.69, 9.17) is 4.74 Å². The van der Waals surface area contributed by atoms with E-state index in [2.05, 4.69) is 24.3 Å². The minimum Gasteiger partial charge on any atom is -0.497 e. The number of fused-ring (bicyclic) bond motifs is 2. The average molecular weight is 268 g/mol. The molecular formula is C18H20O2. The summed E-state index contributed by atoms with van der Waals surface area (Å²) in [6.45, 7) is 0. The number of rotatable bonds is 3. The third kappa shape index (κ3) is 1.99. The fourth-order valence-corrected chi connectivity index (χ4v) is 3.84. The lowest BCUT2D eigenvalue weighted by Crippen LogP contribution is -2.10. The number of hydrogen-bond acceptors (Lipinski definition) is 2. The molecule has 0 bridgehead atoms. The molecule has 3 unspecified atom stereocenters. The molecule has 2 aliphatic rings. The zero-order chi connectivity index (χ0) is 13.7. The van der Waals surface area contributed by atoms with Crippen molar-refractivity contribution in [3.63, 3.8) is 0 Å². The predicted molar refractivity (Wildman–Crippen MR) is 79.8 cm³/mol. The molecule has 2 nitrogen and oxygen atoms in total. The van der Waals surface area contributed by atoms with E-state index in [0.717, 1.165) is 28.5 Å². The highest BCUT2D eigenvalue weighted by atomic mass is 16.5. The largest absolute Gasteiger partial charge is 0.497 e. The lowest BCUT2D eigenvalue weighted by Gasteiger charge is -2.20. The Hall–Kier alpha value is -1.54. The van der Waals surface area contributed by atoms with Crippen molar-refractivity contribution in [3.8, 4) is 5.75 Å². The fourth-order valence-electron chi connectivity index (χ4n) is 3.84. The summed E-state index contributed by atoms with van der Waals surface area (Å²) in [4.78, 5) is 0. The Morgan fingerprint density at radius 1 is 1.00 bits per heavy atom. The molecule has 4 rings (SSSR count). The van der Waals surface area contributed by atoms with Gasteiger partial charge in [0.25, 0.3) is 0 Å². The summed E-state index contributed by atoms with van der Waals surface area (Å²) in [7, 11) is 1.69. The van der Waals surface area contributed by atoms with Gasteiger partial charge in [0.05, 0.1) is 13.2 Å². The molecule has 0 saturated heterocycles. The first-order valence-corrected chi connectivity index (χ1v) is 7.50. The van der Waals surface area contributed by atoms with Gasteiger partial charge in [0.15, 0.2) is 0 Å². The Labute approximate surface area is 119 Å². The molecule has 104 valence electrons. The highest BCUT2D eigenvalue weighted by molar-refractivity contribution is 5.84. The number of methoxy groups -OCH3 is 1. The van der Waals surface area contributed by atoms with Crippen molar-refractivity contribution in [1.29, 1.82) is 0 Å². The van der Waals surface area contributed by atoms with E-state index in [1.54, 1.807) is 7.11 Å². The molecule has 2 heteroatoms. The predicted octanol–water partition coefficient (Wildman–Crippen LogP) is 3.93. The van der Waals surface area contributed by atoms with Gasteiger partial charge in [0.1, 0.15) is 5.75 Å². The van der Waals surface area contributed by atoms with Crippen LogP contribution >= 0.6 is 0 Å². The summed E-state index contributed by atoms with van der Waals surface area (Å²) >= 11 is 0. The number of aliphatic hydroxyl groups is 1. The Morgan fingerprint density at radius 2 is 1.70 bits per heavy atom. The monoisotopic (exact) mass is 268 g/mol. The summed E-state index contributed by atoms with van der Waals surface area (Å²) < 4.78 is 5.25. The van der Waals surface area contributed by atoms with Gasteiger partial charge in [-0.15, -0.1) is 0 Å². The molecule has 0 amide bonds. The zero-order valence-electron chi connectivity index (χ0n) is 11.8. The normalized spacial score (nSPS) is 29.2. The van der Waals surface area contributed by atoms with Crippen molar-refractivity contribution in [2.45, 2.75) is 25.4 Å². The van der Waals surface area contributed by atoms with Crippen LogP contribution in [-0.2, 0) is 0 Å². The van der Waals surface area contributed by atoms with Gasteiger partial charge in [-0.1, -0.05) is 18.2 Å². The summed E-state index contributed by atoms with van der Waals surface area (Å²) in [5.74, 6) is 3.18. The zero-order valence-corrected chi connectivity index (χ0v) is 11.8. The minimum absolute atomic E-state index is 0.297. The Kier molecular flexibility index (Phi) is 2.74. The maximum atomic E-state index is 10.6. The molecule has 2 fully saturated rings. The standard InChI is InChI=1S/C18H20O2/c1-20-17-5-4-11-6-13(3-2-12(11)10-17)18(19)16-8-14-7-15(14)9-16/h2-6,10,14-16,18-19H,7-9H2,1H3. The van der Waals surface area contributed by atoms with E-state index in [1.807, 2.05) is 12.1 Å². The number of benzene rings is 2. The minimum atomic E-state index is -0.297. The molecule has 0 radical (unpaired) electrons. The highest BCUT2D eigenvalue weighted by Gasteiger charge is 2.47. The molecule has 0 heterocycles. The van der Waals surface area contributed by atoms with Crippen LogP contribution < -0.4 is 4.74 Å². The molecule has 1 N–H and O–H groups in total. The van der Waals surface area contributed by atoms with Crippen LogP contribution in [-0.4, -0.2) is 12.2 Å². The van der Waals surface area contributed by atoms with Gasteiger partial charge < -0.3 is 9.84 Å². The molecule has 0 aromatic heterocycles. The van der Waals surface area contributed by atoms with Crippen molar-refractivity contribution >= 4 is 10.8 Å². The number of ether oxygens (including phenoxy) is 1. The topological polar surface area (TPSA) is 29.5 Å². The molecule has 2 aromatic carbocycles. The lowest BCUT2D eigenvalue weighted by molar-refractivity contribution is 0.104. The molecule has 2 aliphatic carbocycles. The quantitative estimate of drug-likeness (QED) is 0.914. The maximum absolute atomic E-state index is 10.6. The Balaban J connectivity index is 1.63. The number of aliphatic hydroxyl groups excluding tert-OH is 1. The van der Waals surface area contributed by atoms with E-state index >= 15 is 0 Å². The van der Waals surface area contributed by atoms with Gasteiger partial charge in [0.2, 0.25) is 0 Å². The van der Waals surface area contributed by atoms with Crippen LogP contribution in [0.25, 0.3) is 10.8 Å². The first-order chi connectivity index (χ1) is 9.74. The third-order valence-corrected chi connectivity index (χ3v) is 5.14. The summed E-state index contributed by atoms with van der Waals surface area (Å²) in [5.41, 5.74) is 1.06. The second kappa shape index (κ2) is 4.49. The molecule has 3 atom stereocenters. The number of hydrogen-bond donors (Lipinski definition) is 1. The van der Waals surface area contributed by atoms with E-state index in [0.29, 0.717) is 5.92 Å². The van der Waals surface area contributed by atoms with Crippen LogP contribution in [0.15, 0.2) is 36.4 Å². The molecule has 20 heavy (non-hydrogen) atoms. The van der Waals surface area contributed by atoms with Gasteiger partial charge in [-0.25, -0.2) is 0 Å². The fraction of sp³-hybridized carbons (Fsp3) is 0.444. The first-order valence-electron chi connectivity index (χ1n) is 7.50. The van der Waals surface area contributed by atoms with Crippen molar-refractivity contribution < 1.29 is 9.84 Å². The maximum Gasteiger partial charge on any atom is 0.119 e. The van der Waals surface area contributed by atoms with Crippen LogP contribution in [0.3, 0.4) is 0 Å². The second-order valence-electron chi connectivity index (χ2n) is 6.40. The van der Waals surface area contributed by atoms with E-state index in [1.165, 1.54) is 24.6 Å². The van der Waals surface area contributed by atoms with Gasteiger partial charge in [-0.2, -0.15) is 0 Å². The third-order valence-electron chi connectivity index (χ3n) is 5.14. The van der Waals surface area contributed by atoms with Crippen LogP contribution in [0, 0.1) is 17.8 Å². The van der Waals surface area contributed by atoms with Gasteiger partial charge in [0, 0.05) is 0 Å². The van der Waals surface area contributed by atoms with E-state index in [-0.39, 0.29) is 6.10 Å². The van der Waals surface area contributed by atoms with Crippen molar-refractivity contribution in [2.75, 3.05) is 7.11 Å². The summed E-state index contributed by atoms with van der Waals surface area (Å²) in [5, 5.41) is 12.9. The highest BCUT2D eigenvalue weighted by Crippen LogP contribution is 2.57. The van der Waals surface area contributed by atoms with Crippen LogP contribution in [0.5, 0.6) is 5.75 Å².